The van der Waals surface area contributed by atoms with Gasteiger partial charge in [0.05, 0.1) is 23.3 Å². The van der Waals surface area contributed by atoms with E-state index in [-0.39, 0.29) is 40.2 Å². The summed E-state index contributed by atoms with van der Waals surface area (Å²) in [7, 11) is 3.91. The number of carbonyl (C=O) groups is 3. The first-order valence-electron chi connectivity index (χ1n) is 8.91. The molecule has 0 unspecified atom stereocenters. The summed E-state index contributed by atoms with van der Waals surface area (Å²) in [6, 6.07) is 6.54. The molecule has 0 atom stereocenters. The molecular weight excluding hydrogens is 362 g/mol. The van der Waals surface area contributed by atoms with Crippen molar-refractivity contribution in [2.75, 3.05) is 27.2 Å². The van der Waals surface area contributed by atoms with Crippen molar-refractivity contribution in [3.8, 4) is 11.5 Å². The predicted octanol–water partition coefficient (Wildman–Crippen LogP) is 2.37. The van der Waals surface area contributed by atoms with Gasteiger partial charge in [-0.25, -0.2) is 4.79 Å². The number of benzene rings is 2. The molecule has 0 fully saturated rings. The average Bonchev–Trinajstić information content (AvgIpc) is 2.64. The number of unbranched alkanes of at least 4 members (excludes halogenated alkanes) is 1. The lowest BCUT2D eigenvalue weighted by Crippen LogP contribution is -2.22. The van der Waals surface area contributed by atoms with E-state index in [0.29, 0.717) is 6.42 Å². The lowest BCUT2D eigenvalue weighted by Gasteiger charge is -2.19. The Morgan fingerprint density at radius 1 is 0.964 bits per heavy atom. The first-order valence-corrected chi connectivity index (χ1v) is 8.91. The molecular formula is C21H21NO6. The van der Waals surface area contributed by atoms with Gasteiger partial charge in [0.1, 0.15) is 11.5 Å². The van der Waals surface area contributed by atoms with Crippen molar-refractivity contribution >= 4 is 17.5 Å². The molecule has 2 N–H and O–H groups in total. The maximum absolute atomic E-state index is 12.8. The van der Waals surface area contributed by atoms with Crippen LogP contribution >= 0.6 is 0 Å². The van der Waals surface area contributed by atoms with Crippen molar-refractivity contribution < 1.29 is 29.3 Å². The molecule has 0 aromatic heterocycles. The number of phenolic OH excluding ortho intramolecular Hbond substituents is 2. The van der Waals surface area contributed by atoms with Crippen LogP contribution in [0.15, 0.2) is 30.3 Å². The first-order chi connectivity index (χ1) is 13.3. The minimum atomic E-state index is -0.676. The lowest BCUT2D eigenvalue weighted by molar-refractivity contribution is 0.0495. The molecule has 28 heavy (non-hydrogen) atoms. The van der Waals surface area contributed by atoms with Crippen molar-refractivity contribution in [3.05, 3.63) is 58.1 Å². The van der Waals surface area contributed by atoms with E-state index in [9.17, 15) is 24.6 Å². The summed E-state index contributed by atoms with van der Waals surface area (Å²) in [5, 5.41) is 20.2. The number of hydrogen-bond acceptors (Lipinski definition) is 7. The summed E-state index contributed by atoms with van der Waals surface area (Å²) in [5.41, 5.74) is -0.421. The van der Waals surface area contributed by atoms with Gasteiger partial charge in [-0.2, -0.15) is 0 Å². The van der Waals surface area contributed by atoms with E-state index in [0.717, 1.165) is 19.0 Å². The van der Waals surface area contributed by atoms with Crippen molar-refractivity contribution in [2.24, 2.45) is 0 Å². The molecule has 0 amide bonds. The molecule has 0 heterocycles. The van der Waals surface area contributed by atoms with Crippen LogP contribution < -0.4 is 0 Å². The number of nitrogens with zero attached hydrogens (tertiary/aromatic N) is 1. The minimum Gasteiger partial charge on any atom is -0.507 e. The molecule has 2 aromatic rings. The first kappa shape index (κ1) is 19.6. The average molecular weight is 383 g/mol. The zero-order valence-corrected chi connectivity index (χ0v) is 15.7. The van der Waals surface area contributed by atoms with Crippen LogP contribution in [-0.4, -0.2) is 59.9 Å². The second-order valence-corrected chi connectivity index (χ2v) is 6.92. The zero-order valence-electron chi connectivity index (χ0n) is 15.7. The van der Waals surface area contributed by atoms with Crippen LogP contribution in [-0.2, 0) is 4.74 Å². The summed E-state index contributed by atoms with van der Waals surface area (Å²) >= 11 is 0. The van der Waals surface area contributed by atoms with Crippen molar-refractivity contribution in [1.29, 1.82) is 0 Å². The molecule has 7 nitrogen and oxygen atoms in total. The second-order valence-electron chi connectivity index (χ2n) is 6.92. The van der Waals surface area contributed by atoms with Gasteiger partial charge < -0.3 is 19.8 Å². The van der Waals surface area contributed by atoms with E-state index in [1.165, 1.54) is 24.3 Å². The van der Waals surface area contributed by atoms with Crippen molar-refractivity contribution in [1.82, 2.24) is 4.90 Å². The Morgan fingerprint density at radius 2 is 1.68 bits per heavy atom. The van der Waals surface area contributed by atoms with Crippen LogP contribution in [0, 0.1) is 0 Å². The fourth-order valence-corrected chi connectivity index (χ4v) is 3.18. The highest BCUT2D eigenvalue weighted by Gasteiger charge is 2.35. The summed E-state index contributed by atoms with van der Waals surface area (Å²) in [4.78, 5) is 39.8. The van der Waals surface area contributed by atoms with E-state index in [4.69, 9.17) is 4.74 Å². The van der Waals surface area contributed by atoms with Crippen LogP contribution in [0.5, 0.6) is 11.5 Å². The van der Waals surface area contributed by atoms with Crippen LogP contribution in [0.4, 0.5) is 0 Å². The number of fused-ring (bicyclic) bond motifs is 2. The highest BCUT2D eigenvalue weighted by molar-refractivity contribution is 6.30. The molecule has 0 saturated carbocycles. The lowest BCUT2D eigenvalue weighted by atomic mass is 9.82. The van der Waals surface area contributed by atoms with Gasteiger partial charge in [0.2, 0.25) is 5.78 Å². The molecule has 0 spiro atoms. The monoisotopic (exact) mass is 383 g/mol. The number of ether oxygens (including phenoxy) is 1. The minimum absolute atomic E-state index is 0.00591. The van der Waals surface area contributed by atoms with E-state index in [1.54, 1.807) is 0 Å². The zero-order chi connectivity index (χ0) is 20.4. The smallest absolute Gasteiger partial charge is 0.338 e. The maximum Gasteiger partial charge on any atom is 0.338 e. The van der Waals surface area contributed by atoms with Crippen molar-refractivity contribution in [2.45, 2.75) is 12.8 Å². The molecule has 1 aliphatic carbocycles. The fraction of sp³-hybridized carbons (Fsp3) is 0.286. The number of phenols is 2. The second kappa shape index (κ2) is 7.82. The highest BCUT2D eigenvalue weighted by atomic mass is 16.5. The Hall–Kier alpha value is -3.19. The van der Waals surface area contributed by atoms with Crippen LogP contribution in [0.3, 0.4) is 0 Å². The van der Waals surface area contributed by atoms with E-state index in [1.807, 2.05) is 19.0 Å². The number of ketones is 2. The number of rotatable bonds is 6. The van der Waals surface area contributed by atoms with Gasteiger partial charge in [-0.05, 0) is 51.7 Å². The van der Waals surface area contributed by atoms with Gasteiger partial charge in [0, 0.05) is 11.1 Å². The van der Waals surface area contributed by atoms with Gasteiger partial charge in [-0.1, -0.05) is 12.1 Å². The Balaban J connectivity index is 1.84. The number of esters is 1. The van der Waals surface area contributed by atoms with Crippen LogP contribution in [0.25, 0.3) is 0 Å². The summed E-state index contributed by atoms with van der Waals surface area (Å²) in [5.74, 6) is -2.71. The van der Waals surface area contributed by atoms with E-state index in [2.05, 4.69) is 0 Å². The molecule has 0 bridgehead atoms. The highest BCUT2D eigenvalue weighted by Crippen LogP contribution is 2.37. The topological polar surface area (TPSA) is 104 Å². The number of aromatic hydroxyl groups is 2. The van der Waals surface area contributed by atoms with E-state index >= 15 is 0 Å². The van der Waals surface area contributed by atoms with Gasteiger partial charge >= 0.3 is 5.97 Å². The molecule has 0 saturated heterocycles. The third-order valence-electron chi connectivity index (χ3n) is 4.57. The Bertz CT molecular complexity index is 964. The van der Waals surface area contributed by atoms with E-state index < -0.39 is 23.3 Å². The third-order valence-corrected chi connectivity index (χ3v) is 4.57. The maximum atomic E-state index is 12.8. The van der Waals surface area contributed by atoms with Gasteiger partial charge in [-0.3, -0.25) is 9.59 Å². The third kappa shape index (κ3) is 3.61. The molecule has 3 rings (SSSR count). The van der Waals surface area contributed by atoms with Gasteiger partial charge in [0.25, 0.3) is 0 Å². The standard InChI is InChI=1S/C21H21NO6/c1-22(2)8-3-4-9-28-21(27)12-10-14-18(16(24)11-12)20(26)17-13(19(14)25)6-5-7-15(17)23/h5-7,10-11,23-24H,3-4,8-9H2,1-2H3. The van der Waals surface area contributed by atoms with Crippen LogP contribution in [0.1, 0.15) is 55.0 Å². The summed E-state index contributed by atoms with van der Waals surface area (Å²) in [6.45, 7) is 1.09. The van der Waals surface area contributed by atoms with Gasteiger partial charge in [-0.15, -0.1) is 0 Å². The number of carbonyl (C=O) groups excluding carboxylic acids is 3. The Labute approximate surface area is 162 Å². The Morgan fingerprint density at radius 3 is 2.39 bits per heavy atom. The summed E-state index contributed by atoms with van der Waals surface area (Å²) < 4.78 is 5.20. The fourth-order valence-electron chi connectivity index (χ4n) is 3.18. The summed E-state index contributed by atoms with van der Waals surface area (Å²) in [6.07, 6.45) is 1.55. The van der Waals surface area contributed by atoms with Gasteiger partial charge in [0.15, 0.2) is 5.78 Å². The largest absolute Gasteiger partial charge is 0.507 e. The molecule has 146 valence electrons. The number of hydrogen-bond donors (Lipinski definition) is 2. The van der Waals surface area contributed by atoms with Crippen LogP contribution in [0.2, 0.25) is 0 Å². The SMILES string of the molecule is CN(C)CCCCOC(=O)c1cc(O)c2c(c1)C(=O)c1cccc(O)c1C2=O. The molecule has 1 aliphatic rings. The normalized spacial score (nSPS) is 12.7. The molecule has 7 heteroatoms. The molecule has 0 aliphatic heterocycles. The Kier molecular flexibility index (Phi) is 5.46. The predicted molar refractivity (Wildman–Crippen MR) is 101 cm³/mol. The quantitative estimate of drug-likeness (QED) is 0.497. The molecule has 0 radical (unpaired) electrons. The molecule has 2 aromatic carbocycles. The van der Waals surface area contributed by atoms with Crippen molar-refractivity contribution in [3.63, 3.8) is 0 Å².